The molecule has 0 N–H and O–H groups in total. The first-order valence-electron chi connectivity index (χ1n) is 26.0. The summed E-state index contributed by atoms with van der Waals surface area (Å²) in [6.07, 6.45) is 15.8. The third kappa shape index (κ3) is 9.17. The van der Waals surface area contributed by atoms with Gasteiger partial charge in [-0.1, -0.05) is 218 Å². The number of hydrogen-bond donors (Lipinski definition) is 0. The van der Waals surface area contributed by atoms with Crippen LogP contribution in [0.25, 0.3) is 75.4 Å². The Kier molecular flexibility index (Phi) is 15.2. The van der Waals surface area contributed by atoms with E-state index in [-0.39, 0.29) is 0 Å². The molecular formula is C64H78S2. The van der Waals surface area contributed by atoms with Crippen LogP contribution in [0.2, 0.25) is 0 Å². The van der Waals surface area contributed by atoms with Crippen LogP contribution in [0, 0.1) is 22.3 Å². The van der Waals surface area contributed by atoms with Gasteiger partial charge in [0.2, 0.25) is 0 Å². The molecule has 8 aromatic carbocycles. The van der Waals surface area contributed by atoms with E-state index in [0.717, 1.165) is 0 Å². The predicted molar refractivity (Wildman–Crippen MR) is 306 cm³/mol. The smallest absolute Gasteiger partial charge is 0.0411 e. The first-order valence-corrected chi connectivity index (χ1v) is 29.9. The average molecular weight is 911 g/mol. The maximum Gasteiger partial charge on any atom is 0.0411 e. The lowest BCUT2D eigenvalue weighted by Gasteiger charge is -2.43. The van der Waals surface area contributed by atoms with E-state index in [1.165, 1.54) is 175 Å². The Morgan fingerprint density at radius 3 is 0.985 bits per heavy atom. The van der Waals surface area contributed by atoms with Gasteiger partial charge in [0.1, 0.15) is 0 Å². The molecule has 0 nitrogen and oxygen atoms in total. The van der Waals surface area contributed by atoms with Crippen LogP contribution < -0.4 is 0 Å². The molecule has 0 saturated heterocycles. The molecule has 346 valence electrons. The minimum atomic E-state index is -1.24. The highest BCUT2D eigenvalue weighted by Crippen LogP contribution is 2.58. The maximum atomic E-state index is 4.23. The van der Waals surface area contributed by atoms with E-state index in [4.69, 9.17) is 0 Å². The van der Waals surface area contributed by atoms with Gasteiger partial charge in [-0.15, -0.1) is 0 Å². The Hall–Kier alpha value is -4.34. The fourth-order valence-corrected chi connectivity index (χ4v) is 18.6. The molecule has 0 aromatic heterocycles. The van der Waals surface area contributed by atoms with E-state index < -0.39 is 20.1 Å². The monoisotopic (exact) mass is 911 g/mol. The van der Waals surface area contributed by atoms with Gasteiger partial charge in [-0.05, 0) is 156 Å². The summed E-state index contributed by atoms with van der Waals surface area (Å²) >= 11 is 0. The third-order valence-corrected chi connectivity index (χ3v) is 25.0. The second-order valence-corrected chi connectivity index (χ2v) is 29.0. The normalized spacial score (nSPS) is 13.1. The molecule has 0 atom stereocenters. The van der Waals surface area contributed by atoms with E-state index >= 15 is 0 Å². The molecule has 0 unspecified atom stereocenters. The minimum absolute atomic E-state index is 0.529. The van der Waals surface area contributed by atoms with Crippen LogP contribution in [-0.4, -0.2) is 32.5 Å². The van der Waals surface area contributed by atoms with Crippen molar-refractivity contribution < 1.29 is 0 Å². The lowest BCUT2D eigenvalue weighted by atomic mass is 9.83. The van der Waals surface area contributed by atoms with Gasteiger partial charge in [0.25, 0.3) is 0 Å². The highest BCUT2D eigenvalue weighted by atomic mass is 32.3. The van der Waals surface area contributed by atoms with Crippen molar-refractivity contribution in [2.75, 3.05) is 11.5 Å². The van der Waals surface area contributed by atoms with Crippen molar-refractivity contribution in [2.45, 2.75) is 167 Å². The fraction of sp³-hybridized carbons (Fsp3) is 0.438. The summed E-state index contributed by atoms with van der Waals surface area (Å²) in [5, 5.41) is 28.7. The summed E-state index contributed by atoms with van der Waals surface area (Å²) < 4.78 is 0. The van der Waals surface area contributed by atoms with Gasteiger partial charge in [0.05, 0.1) is 0 Å². The summed E-state index contributed by atoms with van der Waals surface area (Å²) in [6, 6.07) is 37.4. The van der Waals surface area contributed by atoms with Crippen molar-refractivity contribution in [3.05, 3.63) is 108 Å². The molecule has 0 spiro atoms. The molecule has 0 heterocycles. The van der Waals surface area contributed by atoms with Crippen LogP contribution in [-0.2, 0) is 0 Å². The van der Waals surface area contributed by atoms with Crippen LogP contribution in [0.3, 0.4) is 0 Å². The Labute approximate surface area is 402 Å². The molecular weight excluding hydrogens is 833 g/mol. The number of benzene rings is 8. The molecule has 2 heteroatoms. The highest BCUT2D eigenvalue weighted by Gasteiger charge is 2.31. The van der Waals surface area contributed by atoms with E-state index in [1.54, 1.807) is 0 Å². The average Bonchev–Trinajstić information content (AvgIpc) is 3.31. The first-order chi connectivity index (χ1) is 32.0. The van der Waals surface area contributed by atoms with Gasteiger partial charge in [-0.3, -0.25) is 0 Å². The minimum Gasteiger partial charge on any atom is -0.172 e. The molecule has 0 amide bonds. The fourth-order valence-electron chi connectivity index (χ4n) is 11.4. The van der Waals surface area contributed by atoms with Crippen molar-refractivity contribution >= 4 is 95.5 Å². The maximum absolute atomic E-state index is 4.23. The molecule has 0 aliphatic rings. The summed E-state index contributed by atoms with van der Waals surface area (Å²) in [5.41, 5.74) is 2.40. The number of fused-ring (bicyclic) bond motifs is 6. The zero-order chi connectivity index (χ0) is 46.6. The topological polar surface area (TPSA) is 0 Å². The molecule has 0 bridgehead atoms. The van der Waals surface area contributed by atoms with Crippen molar-refractivity contribution in [3.8, 4) is 22.3 Å². The summed E-state index contributed by atoms with van der Waals surface area (Å²) in [5.74, 6) is 10.7. The van der Waals surface area contributed by atoms with Gasteiger partial charge >= 0.3 is 0 Å². The zero-order valence-corrected chi connectivity index (χ0v) is 43.9. The molecule has 0 radical (unpaired) electrons. The SMILES string of the molecule is CCCCCCCCS(C#Cc1c2cc3ccccc3cc2c2ccc3c(C#CS(CCCCCCCC)(C(C)C)C(C)C)c4cc5ccccc5cc4c4ccc1c2c34)(C(C)C)C(C)C. The first kappa shape index (κ1) is 48.1. The second kappa shape index (κ2) is 20.9. The molecule has 0 aliphatic carbocycles. The molecule has 0 saturated carbocycles. The van der Waals surface area contributed by atoms with Crippen LogP contribution >= 0.6 is 20.1 Å². The summed E-state index contributed by atoms with van der Waals surface area (Å²) in [7, 11) is -2.49. The lowest BCUT2D eigenvalue weighted by Crippen LogP contribution is -2.22. The Morgan fingerprint density at radius 2 is 0.652 bits per heavy atom. The van der Waals surface area contributed by atoms with Crippen molar-refractivity contribution in [2.24, 2.45) is 0 Å². The number of rotatable bonds is 18. The molecule has 8 rings (SSSR count). The van der Waals surface area contributed by atoms with E-state index in [1.807, 2.05) is 0 Å². The summed E-state index contributed by atoms with van der Waals surface area (Å²) in [6.45, 7) is 24.3. The number of hydrogen-bond acceptors (Lipinski definition) is 0. The second-order valence-electron chi connectivity index (χ2n) is 20.6. The zero-order valence-electron chi connectivity index (χ0n) is 42.3. The molecule has 8 aromatic rings. The van der Waals surface area contributed by atoms with E-state index in [9.17, 15) is 0 Å². The van der Waals surface area contributed by atoms with Crippen LogP contribution in [0.1, 0.15) is 157 Å². The lowest BCUT2D eigenvalue weighted by molar-refractivity contribution is 0.625. The van der Waals surface area contributed by atoms with Crippen LogP contribution in [0.4, 0.5) is 0 Å². The van der Waals surface area contributed by atoms with Crippen LogP contribution in [0.15, 0.2) is 97.1 Å². The van der Waals surface area contributed by atoms with E-state index in [0.29, 0.717) is 21.0 Å². The van der Waals surface area contributed by atoms with Gasteiger partial charge in [0.15, 0.2) is 0 Å². The van der Waals surface area contributed by atoms with Gasteiger partial charge in [-0.2, -0.15) is 20.1 Å². The quantitative estimate of drug-likeness (QED) is 0.0348. The number of unbranched alkanes of at least 4 members (excludes halogenated alkanes) is 10. The Balaban J connectivity index is 1.42. The highest BCUT2D eigenvalue weighted by molar-refractivity contribution is 8.38. The van der Waals surface area contributed by atoms with E-state index in [2.05, 4.69) is 189 Å². The molecule has 0 aliphatic heterocycles. The van der Waals surface area contributed by atoms with Crippen molar-refractivity contribution in [1.29, 1.82) is 0 Å². The van der Waals surface area contributed by atoms with Crippen molar-refractivity contribution in [3.63, 3.8) is 0 Å². The molecule has 66 heavy (non-hydrogen) atoms. The van der Waals surface area contributed by atoms with Gasteiger partial charge in [0, 0.05) is 11.1 Å². The largest absolute Gasteiger partial charge is 0.172 e. The van der Waals surface area contributed by atoms with Gasteiger partial charge in [-0.25, -0.2) is 0 Å². The molecule has 0 fully saturated rings. The third-order valence-electron chi connectivity index (χ3n) is 15.4. The summed E-state index contributed by atoms with van der Waals surface area (Å²) in [4.78, 5) is 0. The Bertz CT molecular complexity index is 2870. The standard InChI is InChI=1S/C64H78S2/c1-11-13-15-17-19-25-37-65(45(3)4,46(5)6)39-35-53-55-31-33-58-62-44-52-30-24-22-28-50(52)42-60(62)54(36-40-66(47(7)8,48(9)10)38-26-20-18-16-14-12-2)56-32-34-57(63(55)64(56)58)61-43-51-29-23-21-27-49(51)41-59(53)61/h21-24,27-34,41-48H,11-20,25-26,37-38H2,1-10H3. The van der Waals surface area contributed by atoms with Crippen molar-refractivity contribution in [1.82, 2.24) is 0 Å². The predicted octanol–water partition coefficient (Wildman–Crippen LogP) is 19.8. The van der Waals surface area contributed by atoms with Gasteiger partial charge < -0.3 is 0 Å². The van der Waals surface area contributed by atoms with Crippen LogP contribution in [0.5, 0.6) is 0 Å². The Morgan fingerprint density at radius 1 is 0.348 bits per heavy atom.